The third-order valence-corrected chi connectivity index (χ3v) is 3.10. The van der Waals surface area contributed by atoms with Gasteiger partial charge in [-0.1, -0.05) is 0 Å². The summed E-state index contributed by atoms with van der Waals surface area (Å²) in [5.74, 6) is -0.471. The van der Waals surface area contributed by atoms with Gasteiger partial charge in [-0.25, -0.2) is 0 Å². The minimum atomic E-state index is -0.312. The normalized spacial score (nSPS) is 14.4. The molecular weight excluding hydrogens is 260 g/mol. The van der Waals surface area contributed by atoms with Crippen molar-refractivity contribution in [1.29, 1.82) is 0 Å². The van der Waals surface area contributed by atoms with Crippen LogP contribution in [0.5, 0.6) is 0 Å². The smallest absolute Gasteiger partial charge is 0.253 e. The molecule has 0 atom stereocenters. The second-order valence-electron chi connectivity index (χ2n) is 4.91. The van der Waals surface area contributed by atoms with Gasteiger partial charge in [0.1, 0.15) is 11.6 Å². The van der Waals surface area contributed by atoms with Gasteiger partial charge < -0.3 is 4.90 Å². The molecule has 0 N–H and O–H groups in total. The van der Waals surface area contributed by atoms with Crippen LogP contribution >= 0.6 is 0 Å². The Labute approximate surface area is 118 Å². The fourth-order valence-corrected chi connectivity index (χ4v) is 1.86. The molecule has 110 valence electrons. The molecule has 0 radical (unpaired) electrons. The molecule has 0 saturated carbocycles. The number of nitrogens with zero attached hydrogens (tertiary/aromatic N) is 2. The molecule has 0 unspecified atom stereocenters. The summed E-state index contributed by atoms with van der Waals surface area (Å²) in [4.78, 5) is 48.0. The van der Waals surface area contributed by atoms with E-state index < -0.39 is 0 Å². The number of hydrogen-bond donors (Lipinski definition) is 0. The molecule has 1 aliphatic rings. The Bertz CT molecular complexity index is 406. The van der Waals surface area contributed by atoms with Crippen LogP contribution in [-0.2, 0) is 19.2 Å². The molecule has 1 aliphatic heterocycles. The average molecular weight is 280 g/mol. The quantitative estimate of drug-likeness (QED) is 0.563. The Morgan fingerprint density at radius 3 is 1.80 bits per heavy atom. The highest BCUT2D eigenvalue weighted by molar-refractivity contribution is 6.12. The van der Waals surface area contributed by atoms with Crippen molar-refractivity contribution in [2.45, 2.75) is 26.7 Å². The lowest BCUT2D eigenvalue weighted by molar-refractivity contribution is -0.137. The molecule has 0 bridgehead atoms. The van der Waals surface area contributed by atoms with Gasteiger partial charge in [-0.2, -0.15) is 0 Å². The van der Waals surface area contributed by atoms with Crippen molar-refractivity contribution in [1.82, 2.24) is 9.80 Å². The lowest BCUT2D eigenvalue weighted by atomic mass is 10.2. The number of hydrogen-bond acceptors (Lipinski definition) is 5. The molecule has 0 saturated heterocycles. The largest absolute Gasteiger partial charge is 0.301 e. The predicted molar refractivity (Wildman–Crippen MR) is 72.9 cm³/mol. The van der Waals surface area contributed by atoms with E-state index in [0.717, 1.165) is 4.90 Å². The maximum atomic E-state index is 11.4. The van der Waals surface area contributed by atoms with Crippen LogP contribution < -0.4 is 0 Å². The lowest BCUT2D eigenvalue weighted by Gasteiger charge is -2.23. The molecular formula is C14H20N2O4. The Morgan fingerprint density at radius 2 is 1.40 bits per heavy atom. The Morgan fingerprint density at radius 1 is 0.950 bits per heavy atom. The summed E-state index contributed by atoms with van der Waals surface area (Å²) in [6.45, 7) is 4.85. The Balaban J connectivity index is 2.46. The summed E-state index contributed by atoms with van der Waals surface area (Å²) >= 11 is 0. The molecule has 1 heterocycles. The molecule has 1 rings (SSSR count). The second-order valence-corrected chi connectivity index (χ2v) is 4.91. The molecule has 0 fully saturated rings. The first-order valence-electron chi connectivity index (χ1n) is 6.65. The fourth-order valence-electron chi connectivity index (χ4n) is 1.86. The standard InChI is InChI=1S/C14H20N2O4/c1-11(17)5-7-15(8-6-12(2)18)9-10-16-13(19)3-4-14(16)20/h3-4H,5-10H2,1-2H3. The summed E-state index contributed by atoms with van der Waals surface area (Å²) in [5.41, 5.74) is 0. The zero-order valence-corrected chi connectivity index (χ0v) is 11.9. The van der Waals surface area contributed by atoms with Crippen molar-refractivity contribution in [3.05, 3.63) is 12.2 Å². The molecule has 6 heteroatoms. The van der Waals surface area contributed by atoms with Crippen LogP contribution in [0.25, 0.3) is 0 Å². The third-order valence-electron chi connectivity index (χ3n) is 3.10. The van der Waals surface area contributed by atoms with Crippen molar-refractivity contribution in [3.8, 4) is 0 Å². The van der Waals surface area contributed by atoms with Crippen molar-refractivity contribution < 1.29 is 19.2 Å². The van der Waals surface area contributed by atoms with E-state index in [1.54, 1.807) is 0 Å². The van der Waals surface area contributed by atoms with E-state index in [2.05, 4.69) is 0 Å². The van der Waals surface area contributed by atoms with Gasteiger partial charge >= 0.3 is 0 Å². The van der Waals surface area contributed by atoms with Gasteiger partial charge in [0.25, 0.3) is 11.8 Å². The number of rotatable bonds is 9. The van der Waals surface area contributed by atoms with Crippen LogP contribution in [0.3, 0.4) is 0 Å². The van der Waals surface area contributed by atoms with E-state index in [0.29, 0.717) is 32.5 Å². The van der Waals surface area contributed by atoms with Gasteiger partial charge in [0.15, 0.2) is 0 Å². The molecule has 2 amide bonds. The number of imide groups is 1. The number of carbonyl (C=O) groups is 4. The maximum Gasteiger partial charge on any atom is 0.253 e. The fraction of sp³-hybridized carbons (Fsp3) is 0.571. The number of ketones is 2. The van der Waals surface area contributed by atoms with Crippen molar-refractivity contribution >= 4 is 23.4 Å². The highest BCUT2D eigenvalue weighted by Crippen LogP contribution is 2.04. The summed E-state index contributed by atoms with van der Waals surface area (Å²) < 4.78 is 0. The molecule has 0 spiro atoms. The van der Waals surface area contributed by atoms with E-state index in [1.807, 2.05) is 4.90 Å². The van der Waals surface area contributed by atoms with Crippen molar-refractivity contribution in [2.75, 3.05) is 26.2 Å². The first-order chi connectivity index (χ1) is 9.40. The van der Waals surface area contributed by atoms with E-state index in [4.69, 9.17) is 0 Å². The van der Waals surface area contributed by atoms with Crippen LogP contribution in [0.15, 0.2) is 12.2 Å². The van der Waals surface area contributed by atoms with Crippen molar-refractivity contribution in [2.24, 2.45) is 0 Å². The Hall–Kier alpha value is -1.82. The van der Waals surface area contributed by atoms with Gasteiger partial charge in [-0.05, 0) is 13.8 Å². The SMILES string of the molecule is CC(=O)CCN(CCC(C)=O)CCN1C(=O)C=CC1=O. The summed E-state index contributed by atoms with van der Waals surface area (Å²) in [7, 11) is 0. The molecule has 0 aromatic carbocycles. The lowest BCUT2D eigenvalue weighted by Crippen LogP contribution is -2.39. The van der Waals surface area contributed by atoms with Crippen molar-refractivity contribution in [3.63, 3.8) is 0 Å². The zero-order chi connectivity index (χ0) is 15.1. The van der Waals surface area contributed by atoms with Gasteiger partial charge in [0, 0.05) is 51.2 Å². The van der Waals surface area contributed by atoms with Gasteiger partial charge in [-0.15, -0.1) is 0 Å². The minimum absolute atomic E-state index is 0.0767. The minimum Gasteiger partial charge on any atom is -0.301 e. The van der Waals surface area contributed by atoms with E-state index in [9.17, 15) is 19.2 Å². The van der Waals surface area contributed by atoms with Crippen LogP contribution in [0.2, 0.25) is 0 Å². The number of carbonyl (C=O) groups excluding carboxylic acids is 4. The van der Waals surface area contributed by atoms with E-state index in [1.165, 1.54) is 26.0 Å². The zero-order valence-electron chi connectivity index (χ0n) is 11.9. The van der Waals surface area contributed by atoms with E-state index >= 15 is 0 Å². The second kappa shape index (κ2) is 7.69. The van der Waals surface area contributed by atoms with Crippen LogP contribution in [0.1, 0.15) is 26.7 Å². The predicted octanol–water partition coefficient (Wildman–Crippen LogP) is 0.172. The number of amides is 2. The van der Waals surface area contributed by atoms with Crippen LogP contribution in [-0.4, -0.2) is 59.4 Å². The highest BCUT2D eigenvalue weighted by atomic mass is 16.2. The topological polar surface area (TPSA) is 74.8 Å². The first kappa shape index (κ1) is 16.2. The van der Waals surface area contributed by atoms with Crippen LogP contribution in [0.4, 0.5) is 0 Å². The molecule has 0 aromatic rings. The molecule has 6 nitrogen and oxygen atoms in total. The van der Waals surface area contributed by atoms with Gasteiger partial charge in [-0.3, -0.25) is 24.1 Å². The monoisotopic (exact) mass is 280 g/mol. The molecule has 0 aliphatic carbocycles. The summed E-state index contributed by atoms with van der Waals surface area (Å²) in [6, 6.07) is 0. The highest BCUT2D eigenvalue weighted by Gasteiger charge is 2.23. The summed E-state index contributed by atoms with van der Waals surface area (Å²) in [6.07, 6.45) is 3.30. The average Bonchev–Trinajstić information content (AvgIpc) is 2.68. The number of Topliss-reactive ketones (excluding diaryl/α,β-unsaturated/α-hetero) is 2. The summed E-state index contributed by atoms with van der Waals surface area (Å²) in [5, 5.41) is 0. The van der Waals surface area contributed by atoms with Gasteiger partial charge in [0.05, 0.1) is 0 Å². The molecule has 20 heavy (non-hydrogen) atoms. The van der Waals surface area contributed by atoms with E-state index in [-0.39, 0.29) is 29.9 Å². The third kappa shape index (κ3) is 5.44. The van der Waals surface area contributed by atoms with Crippen LogP contribution in [0, 0.1) is 0 Å². The molecule has 0 aromatic heterocycles. The first-order valence-corrected chi connectivity index (χ1v) is 6.65. The Kier molecular flexibility index (Phi) is 6.24. The maximum absolute atomic E-state index is 11.4. The van der Waals surface area contributed by atoms with Gasteiger partial charge in [0.2, 0.25) is 0 Å².